The van der Waals surface area contributed by atoms with Gasteiger partial charge < -0.3 is 5.32 Å². The van der Waals surface area contributed by atoms with Crippen molar-refractivity contribution >= 4 is 29.1 Å². The van der Waals surface area contributed by atoms with Gasteiger partial charge in [0.1, 0.15) is 0 Å². The topological polar surface area (TPSA) is 29.1 Å². The van der Waals surface area contributed by atoms with E-state index < -0.39 is 0 Å². The van der Waals surface area contributed by atoms with Gasteiger partial charge >= 0.3 is 0 Å². The second kappa shape index (κ2) is 5.28. The van der Waals surface area contributed by atoms with Gasteiger partial charge in [0.05, 0.1) is 5.38 Å². The van der Waals surface area contributed by atoms with Crippen LogP contribution in [0.3, 0.4) is 0 Å². The second-order valence-electron chi connectivity index (χ2n) is 4.52. The van der Waals surface area contributed by atoms with Crippen molar-refractivity contribution in [3.05, 3.63) is 34.3 Å². The lowest BCUT2D eigenvalue weighted by atomic mass is 10.1. The first kappa shape index (κ1) is 12.7. The highest BCUT2D eigenvalue weighted by atomic mass is 35.5. The van der Waals surface area contributed by atoms with Crippen molar-refractivity contribution < 1.29 is 4.79 Å². The van der Waals surface area contributed by atoms with Crippen molar-refractivity contribution in [2.75, 3.05) is 6.54 Å². The predicted octanol–water partition coefficient (Wildman–Crippen LogP) is 3.40. The summed E-state index contributed by atoms with van der Waals surface area (Å²) < 4.78 is 0. The zero-order valence-corrected chi connectivity index (χ0v) is 11.2. The Morgan fingerprint density at radius 1 is 1.53 bits per heavy atom. The molecule has 0 spiro atoms. The molecule has 1 N–H and O–H groups in total. The number of carbonyl (C=O) groups excluding carboxylic acids is 1. The summed E-state index contributed by atoms with van der Waals surface area (Å²) in [6, 6.07) is 5.26. The molecular formula is C13H15Cl2NO. The van der Waals surface area contributed by atoms with E-state index in [0.717, 1.165) is 5.56 Å². The number of carbonyl (C=O) groups is 1. The fourth-order valence-corrected chi connectivity index (χ4v) is 2.35. The number of nitrogens with one attached hydrogen (secondary N) is 1. The Hall–Kier alpha value is -0.730. The zero-order valence-electron chi connectivity index (χ0n) is 9.67. The number of amides is 1. The highest BCUT2D eigenvalue weighted by Gasteiger charge is 2.29. The van der Waals surface area contributed by atoms with Crippen molar-refractivity contribution in [2.45, 2.75) is 25.1 Å². The Labute approximate surface area is 111 Å². The van der Waals surface area contributed by atoms with E-state index in [1.165, 1.54) is 12.8 Å². The van der Waals surface area contributed by atoms with E-state index in [0.29, 0.717) is 23.0 Å². The summed E-state index contributed by atoms with van der Waals surface area (Å²) in [4.78, 5) is 11.9. The smallest absolute Gasteiger partial charge is 0.251 e. The molecule has 4 heteroatoms. The number of aryl methyl sites for hydroxylation is 1. The molecule has 1 fully saturated rings. The van der Waals surface area contributed by atoms with Crippen molar-refractivity contribution in [2.24, 2.45) is 5.92 Å². The van der Waals surface area contributed by atoms with Crippen LogP contribution in [0.2, 0.25) is 5.02 Å². The quantitative estimate of drug-likeness (QED) is 0.836. The molecule has 2 nitrogen and oxygen atoms in total. The third kappa shape index (κ3) is 3.36. The van der Waals surface area contributed by atoms with Crippen LogP contribution in [-0.2, 0) is 0 Å². The molecule has 92 valence electrons. The molecule has 2 rings (SSSR count). The summed E-state index contributed by atoms with van der Waals surface area (Å²) in [5, 5.41) is 3.57. The highest BCUT2D eigenvalue weighted by molar-refractivity contribution is 6.30. The lowest BCUT2D eigenvalue weighted by molar-refractivity contribution is 0.0952. The summed E-state index contributed by atoms with van der Waals surface area (Å²) in [5.41, 5.74) is 1.54. The molecule has 0 bridgehead atoms. The molecule has 1 saturated carbocycles. The maximum absolute atomic E-state index is 11.9. The molecule has 0 saturated heterocycles. The minimum absolute atomic E-state index is 0.0616. The molecule has 1 atom stereocenters. The SMILES string of the molecule is Cc1cc(Cl)ccc1C(=O)NCC(Cl)C1CC1. The van der Waals surface area contributed by atoms with E-state index in [9.17, 15) is 4.79 Å². The minimum Gasteiger partial charge on any atom is -0.351 e. The molecule has 17 heavy (non-hydrogen) atoms. The van der Waals surface area contributed by atoms with Gasteiger partial charge in [0, 0.05) is 17.1 Å². The number of halogens is 2. The molecule has 1 amide bonds. The molecule has 1 aromatic carbocycles. The minimum atomic E-state index is -0.0783. The van der Waals surface area contributed by atoms with Gasteiger partial charge in [-0.1, -0.05) is 11.6 Å². The van der Waals surface area contributed by atoms with Gasteiger partial charge in [-0.25, -0.2) is 0 Å². The first-order chi connectivity index (χ1) is 8.08. The molecule has 0 aromatic heterocycles. The van der Waals surface area contributed by atoms with Crippen LogP contribution in [0.5, 0.6) is 0 Å². The molecular weight excluding hydrogens is 257 g/mol. The third-order valence-electron chi connectivity index (χ3n) is 3.02. The Kier molecular flexibility index (Phi) is 3.95. The average Bonchev–Trinajstić information content (AvgIpc) is 3.09. The van der Waals surface area contributed by atoms with E-state index in [-0.39, 0.29) is 11.3 Å². The summed E-state index contributed by atoms with van der Waals surface area (Å²) in [7, 11) is 0. The second-order valence-corrected chi connectivity index (χ2v) is 5.52. The van der Waals surface area contributed by atoms with Crippen molar-refractivity contribution in [1.82, 2.24) is 5.32 Å². The zero-order chi connectivity index (χ0) is 12.4. The average molecular weight is 272 g/mol. The standard InChI is InChI=1S/C13H15Cl2NO/c1-8-6-10(14)4-5-11(8)13(17)16-7-12(15)9-2-3-9/h4-6,9,12H,2-3,7H2,1H3,(H,16,17). The summed E-state index contributed by atoms with van der Waals surface area (Å²) >= 11 is 12.0. The van der Waals surface area contributed by atoms with Crippen LogP contribution in [0, 0.1) is 12.8 Å². The Morgan fingerprint density at radius 2 is 2.24 bits per heavy atom. The van der Waals surface area contributed by atoms with Gasteiger partial charge in [0.15, 0.2) is 0 Å². The van der Waals surface area contributed by atoms with Gasteiger partial charge in [0.2, 0.25) is 0 Å². The summed E-state index contributed by atoms with van der Waals surface area (Å²) in [6.45, 7) is 2.41. The Bertz CT molecular complexity index is 429. The number of rotatable bonds is 4. The van der Waals surface area contributed by atoms with E-state index >= 15 is 0 Å². The largest absolute Gasteiger partial charge is 0.351 e. The van der Waals surface area contributed by atoms with Gasteiger partial charge in [-0.2, -0.15) is 0 Å². The number of hydrogen-bond acceptors (Lipinski definition) is 1. The normalized spacial score (nSPS) is 16.6. The van der Waals surface area contributed by atoms with Gasteiger partial charge in [-0.15, -0.1) is 11.6 Å². The first-order valence-corrected chi connectivity index (χ1v) is 6.58. The first-order valence-electron chi connectivity index (χ1n) is 5.76. The lowest BCUT2D eigenvalue weighted by Crippen LogP contribution is -2.31. The maximum atomic E-state index is 11.9. The van der Waals surface area contributed by atoms with Crippen LogP contribution < -0.4 is 5.32 Å². The monoisotopic (exact) mass is 271 g/mol. The van der Waals surface area contributed by atoms with Crippen LogP contribution in [0.15, 0.2) is 18.2 Å². The van der Waals surface area contributed by atoms with Crippen molar-refractivity contribution in [3.8, 4) is 0 Å². The van der Waals surface area contributed by atoms with Crippen LogP contribution in [-0.4, -0.2) is 17.8 Å². The summed E-state index contributed by atoms with van der Waals surface area (Å²) in [6.07, 6.45) is 2.37. The molecule has 1 aliphatic carbocycles. The number of benzene rings is 1. The molecule has 0 aliphatic heterocycles. The Balaban J connectivity index is 1.94. The highest BCUT2D eigenvalue weighted by Crippen LogP contribution is 2.35. The molecule has 0 heterocycles. The van der Waals surface area contributed by atoms with Crippen LogP contribution >= 0.6 is 23.2 Å². The van der Waals surface area contributed by atoms with Gasteiger partial charge in [0.25, 0.3) is 5.91 Å². The maximum Gasteiger partial charge on any atom is 0.251 e. The van der Waals surface area contributed by atoms with Crippen LogP contribution in [0.25, 0.3) is 0 Å². The van der Waals surface area contributed by atoms with E-state index in [1.54, 1.807) is 18.2 Å². The molecule has 1 aliphatic rings. The van der Waals surface area contributed by atoms with E-state index in [4.69, 9.17) is 23.2 Å². The van der Waals surface area contributed by atoms with Crippen molar-refractivity contribution in [1.29, 1.82) is 0 Å². The molecule has 1 unspecified atom stereocenters. The van der Waals surface area contributed by atoms with E-state index in [2.05, 4.69) is 5.32 Å². The number of alkyl halides is 1. The molecule has 1 aromatic rings. The van der Waals surface area contributed by atoms with Crippen molar-refractivity contribution in [3.63, 3.8) is 0 Å². The number of hydrogen-bond donors (Lipinski definition) is 1. The van der Waals surface area contributed by atoms with Gasteiger partial charge in [-0.05, 0) is 49.4 Å². The van der Waals surface area contributed by atoms with Gasteiger partial charge in [-0.3, -0.25) is 4.79 Å². The van der Waals surface area contributed by atoms with E-state index in [1.807, 2.05) is 6.92 Å². The predicted molar refractivity (Wildman–Crippen MR) is 70.9 cm³/mol. The summed E-state index contributed by atoms with van der Waals surface area (Å²) in [5.74, 6) is 0.508. The fourth-order valence-electron chi connectivity index (χ4n) is 1.79. The van der Waals surface area contributed by atoms with Crippen LogP contribution in [0.4, 0.5) is 0 Å². The lowest BCUT2D eigenvalue weighted by Gasteiger charge is -2.11. The molecule has 0 radical (unpaired) electrons. The van der Waals surface area contributed by atoms with Crippen LogP contribution in [0.1, 0.15) is 28.8 Å². The fraction of sp³-hybridized carbons (Fsp3) is 0.462. The Morgan fingerprint density at radius 3 is 2.82 bits per heavy atom. The third-order valence-corrected chi connectivity index (χ3v) is 3.77.